The molecule has 1 aromatic heterocycles. The van der Waals surface area contributed by atoms with Gasteiger partial charge in [0.2, 0.25) is 0 Å². The third-order valence-corrected chi connectivity index (χ3v) is 3.69. The summed E-state index contributed by atoms with van der Waals surface area (Å²) in [6.45, 7) is 2.18. The molecular weight excluding hydrogens is 248 g/mol. The van der Waals surface area contributed by atoms with E-state index in [0.29, 0.717) is 5.92 Å². The highest BCUT2D eigenvalue weighted by Crippen LogP contribution is 2.27. The molecule has 3 nitrogen and oxygen atoms in total. The number of halogens is 1. The summed E-state index contributed by atoms with van der Waals surface area (Å²) in [4.78, 5) is 0. The summed E-state index contributed by atoms with van der Waals surface area (Å²) in [5.41, 5.74) is 2.19. The van der Waals surface area contributed by atoms with Crippen molar-refractivity contribution in [1.29, 1.82) is 0 Å². The highest BCUT2D eigenvalue weighted by atomic mass is 35.5. The van der Waals surface area contributed by atoms with E-state index in [9.17, 15) is 0 Å². The lowest BCUT2D eigenvalue weighted by molar-refractivity contribution is 0.364. The third kappa shape index (κ3) is 2.42. The zero-order valence-electron chi connectivity index (χ0n) is 10.0. The molecule has 1 N–H and O–H groups in total. The van der Waals surface area contributed by atoms with Crippen LogP contribution in [0, 0.1) is 5.92 Å². The van der Waals surface area contributed by atoms with Gasteiger partial charge >= 0.3 is 0 Å². The van der Waals surface area contributed by atoms with E-state index in [1.165, 1.54) is 6.42 Å². The molecule has 0 aliphatic carbocycles. The van der Waals surface area contributed by atoms with E-state index in [1.807, 2.05) is 24.3 Å². The van der Waals surface area contributed by atoms with Gasteiger partial charge < -0.3 is 9.84 Å². The Morgan fingerprint density at radius 2 is 2.17 bits per heavy atom. The zero-order chi connectivity index (χ0) is 12.4. The molecule has 18 heavy (non-hydrogen) atoms. The number of aromatic nitrogens is 1. The maximum Gasteiger partial charge on any atom is 0.144 e. The van der Waals surface area contributed by atoms with Crippen LogP contribution in [0.25, 0.3) is 11.1 Å². The molecule has 1 aromatic carbocycles. The molecule has 1 saturated heterocycles. The number of nitrogens with zero attached hydrogens (tertiary/aromatic N) is 1. The first-order chi connectivity index (χ1) is 8.83. The van der Waals surface area contributed by atoms with E-state index in [4.69, 9.17) is 16.1 Å². The summed E-state index contributed by atoms with van der Waals surface area (Å²) in [6, 6.07) is 7.80. The molecule has 3 rings (SSSR count). The molecule has 2 heterocycles. The minimum atomic E-state index is 0.656. The number of nitrogens with one attached hydrogen (secondary N) is 1. The molecule has 1 fully saturated rings. The zero-order valence-corrected chi connectivity index (χ0v) is 10.8. The molecule has 2 aromatic rings. The fourth-order valence-corrected chi connectivity index (χ4v) is 2.55. The van der Waals surface area contributed by atoms with Crippen molar-refractivity contribution in [2.75, 3.05) is 13.1 Å². The van der Waals surface area contributed by atoms with Gasteiger partial charge in [-0.25, -0.2) is 0 Å². The van der Waals surface area contributed by atoms with Crippen molar-refractivity contribution in [3.05, 3.63) is 41.2 Å². The summed E-state index contributed by atoms with van der Waals surface area (Å²) in [5.74, 6) is 1.63. The van der Waals surface area contributed by atoms with Gasteiger partial charge in [0.25, 0.3) is 0 Å². The second-order valence-corrected chi connectivity index (χ2v) is 5.17. The van der Waals surface area contributed by atoms with Crippen LogP contribution in [0.15, 0.2) is 35.0 Å². The predicted octanol–water partition coefficient (Wildman–Crippen LogP) is 3.15. The minimum absolute atomic E-state index is 0.656. The van der Waals surface area contributed by atoms with E-state index < -0.39 is 0 Å². The van der Waals surface area contributed by atoms with Crippen LogP contribution in [0.4, 0.5) is 0 Å². The Morgan fingerprint density at radius 1 is 1.33 bits per heavy atom. The molecule has 1 atom stereocenters. The second kappa shape index (κ2) is 5.12. The molecular formula is C14H15ClN2O. The summed E-state index contributed by atoms with van der Waals surface area (Å²) >= 11 is 5.90. The molecule has 4 heteroatoms. The number of hydrogen-bond acceptors (Lipinski definition) is 3. The van der Waals surface area contributed by atoms with Gasteiger partial charge in [-0.3, -0.25) is 0 Å². The van der Waals surface area contributed by atoms with Crippen LogP contribution in [0.3, 0.4) is 0 Å². The number of benzene rings is 1. The fraction of sp³-hybridized carbons (Fsp3) is 0.357. The lowest BCUT2D eigenvalue weighted by Gasteiger charge is -2.06. The largest absolute Gasteiger partial charge is 0.361 e. The van der Waals surface area contributed by atoms with Crippen molar-refractivity contribution in [2.45, 2.75) is 12.8 Å². The van der Waals surface area contributed by atoms with Crippen LogP contribution in [0.2, 0.25) is 5.02 Å². The highest BCUT2D eigenvalue weighted by Gasteiger charge is 2.19. The molecule has 94 valence electrons. The van der Waals surface area contributed by atoms with Crippen LogP contribution in [-0.4, -0.2) is 18.2 Å². The molecule has 0 saturated carbocycles. The van der Waals surface area contributed by atoms with Crippen molar-refractivity contribution in [2.24, 2.45) is 5.92 Å². The van der Waals surface area contributed by atoms with Crippen LogP contribution in [0.5, 0.6) is 0 Å². The third-order valence-electron chi connectivity index (χ3n) is 3.44. The molecule has 0 radical (unpaired) electrons. The summed E-state index contributed by atoms with van der Waals surface area (Å²) in [7, 11) is 0. The smallest absolute Gasteiger partial charge is 0.144 e. The minimum Gasteiger partial charge on any atom is -0.361 e. The van der Waals surface area contributed by atoms with Gasteiger partial charge in [-0.05, 0) is 43.1 Å². The van der Waals surface area contributed by atoms with Gasteiger partial charge in [0, 0.05) is 17.0 Å². The van der Waals surface area contributed by atoms with Crippen LogP contribution in [0.1, 0.15) is 12.2 Å². The maximum absolute atomic E-state index is 5.90. The topological polar surface area (TPSA) is 38.1 Å². The second-order valence-electron chi connectivity index (χ2n) is 4.73. The first kappa shape index (κ1) is 11.8. The molecule has 0 bridgehead atoms. The van der Waals surface area contributed by atoms with Crippen LogP contribution in [-0.2, 0) is 6.42 Å². The summed E-state index contributed by atoms with van der Waals surface area (Å²) in [5, 5.41) is 8.05. The number of hydrogen-bond donors (Lipinski definition) is 1. The fourth-order valence-electron chi connectivity index (χ4n) is 2.43. The van der Waals surface area contributed by atoms with Crippen LogP contribution >= 0.6 is 11.6 Å². The highest BCUT2D eigenvalue weighted by molar-refractivity contribution is 6.30. The Balaban J connectivity index is 1.84. The molecule has 0 spiro atoms. The Hall–Kier alpha value is -1.32. The Kier molecular flexibility index (Phi) is 3.35. The van der Waals surface area contributed by atoms with E-state index in [-0.39, 0.29) is 0 Å². The first-order valence-corrected chi connectivity index (χ1v) is 6.61. The van der Waals surface area contributed by atoms with E-state index >= 15 is 0 Å². The summed E-state index contributed by atoms with van der Waals surface area (Å²) in [6.07, 6.45) is 3.95. The van der Waals surface area contributed by atoms with Gasteiger partial charge in [-0.2, -0.15) is 0 Å². The van der Waals surface area contributed by atoms with Gasteiger partial charge in [0.15, 0.2) is 0 Å². The lowest BCUT2D eigenvalue weighted by atomic mass is 9.98. The average molecular weight is 263 g/mol. The Labute approximate surface area is 111 Å². The average Bonchev–Trinajstić information content (AvgIpc) is 3.02. The summed E-state index contributed by atoms with van der Waals surface area (Å²) < 4.78 is 5.40. The van der Waals surface area contributed by atoms with Crippen LogP contribution < -0.4 is 5.32 Å². The van der Waals surface area contributed by atoms with E-state index in [2.05, 4.69) is 10.5 Å². The van der Waals surface area contributed by atoms with Gasteiger partial charge in [-0.1, -0.05) is 28.9 Å². The Bertz CT molecular complexity index is 515. The van der Waals surface area contributed by atoms with E-state index in [1.54, 1.807) is 6.20 Å². The molecule has 1 aliphatic heterocycles. The maximum atomic E-state index is 5.90. The first-order valence-electron chi connectivity index (χ1n) is 6.23. The van der Waals surface area contributed by atoms with Gasteiger partial charge in [0.05, 0.1) is 6.20 Å². The molecule has 0 amide bonds. The lowest BCUT2D eigenvalue weighted by Crippen LogP contribution is -2.10. The van der Waals surface area contributed by atoms with Crippen molar-refractivity contribution >= 4 is 11.6 Å². The van der Waals surface area contributed by atoms with E-state index in [0.717, 1.165) is 41.4 Å². The van der Waals surface area contributed by atoms with Gasteiger partial charge in [-0.15, -0.1) is 0 Å². The Morgan fingerprint density at radius 3 is 2.89 bits per heavy atom. The predicted molar refractivity (Wildman–Crippen MR) is 71.6 cm³/mol. The molecule has 1 aliphatic rings. The van der Waals surface area contributed by atoms with Crippen molar-refractivity contribution < 1.29 is 4.52 Å². The SMILES string of the molecule is Clc1ccc(-c2cnoc2CC2CCNC2)cc1. The van der Waals surface area contributed by atoms with Crippen molar-refractivity contribution in [1.82, 2.24) is 10.5 Å². The normalized spacial score (nSPS) is 19.3. The molecule has 1 unspecified atom stereocenters. The van der Waals surface area contributed by atoms with Crippen molar-refractivity contribution in [3.63, 3.8) is 0 Å². The standard InChI is InChI=1S/C14H15ClN2O/c15-12-3-1-11(2-4-12)13-9-17-18-14(13)7-10-5-6-16-8-10/h1-4,9-10,16H,5-8H2. The monoisotopic (exact) mass is 262 g/mol. The number of rotatable bonds is 3. The van der Waals surface area contributed by atoms with Crippen molar-refractivity contribution in [3.8, 4) is 11.1 Å². The van der Waals surface area contributed by atoms with Gasteiger partial charge in [0.1, 0.15) is 5.76 Å². The quantitative estimate of drug-likeness (QED) is 0.923.